The molecular weight excluding hydrogens is 388 g/mol. The molecule has 31 heavy (non-hydrogen) atoms. The minimum absolute atomic E-state index is 0.148. The number of ether oxygens (including phenoxy) is 3. The van der Waals surface area contributed by atoms with Crippen LogP contribution in [0.15, 0.2) is 61.2 Å². The number of fused-ring (bicyclic) bond motifs is 1. The largest absolute Gasteiger partial charge is 0.494 e. The molecular formula is C26H30N2O3. The Kier molecular flexibility index (Phi) is 5.74. The third-order valence-electron chi connectivity index (χ3n) is 6.48. The molecule has 5 heteroatoms. The maximum atomic E-state index is 5.88. The van der Waals surface area contributed by atoms with Gasteiger partial charge in [0.1, 0.15) is 18.3 Å². The normalized spacial score (nSPS) is 17.1. The first-order valence-electron chi connectivity index (χ1n) is 11.3. The van der Waals surface area contributed by atoms with Crippen molar-refractivity contribution in [3.05, 3.63) is 72.3 Å². The van der Waals surface area contributed by atoms with Gasteiger partial charge in [-0.1, -0.05) is 18.2 Å². The average Bonchev–Trinajstić information content (AvgIpc) is 3.51. The van der Waals surface area contributed by atoms with E-state index in [4.69, 9.17) is 14.2 Å². The molecule has 1 fully saturated rings. The first kappa shape index (κ1) is 19.9. The molecule has 2 aliphatic rings. The Balaban J connectivity index is 1.12. The summed E-state index contributed by atoms with van der Waals surface area (Å²) in [6, 6.07) is 15.4. The molecule has 0 bridgehead atoms. The lowest BCUT2D eigenvalue weighted by molar-refractivity contribution is -0.0310. The Bertz CT molecular complexity index is 1020. The number of aromatic amines is 1. The van der Waals surface area contributed by atoms with Gasteiger partial charge in [-0.25, -0.2) is 0 Å². The van der Waals surface area contributed by atoms with Crippen LogP contribution < -0.4 is 9.64 Å². The van der Waals surface area contributed by atoms with E-state index in [1.54, 1.807) is 12.5 Å². The lowest BCUT2D eigenvalue weighted by atomic mass is 9.89. The molecule has 2 aliphatic heterocycles. The third-order valence-corrected chi connectivity index (χ3v) is 6.48. The molecule has 5 rings (SSSR count). The van der Waals surface area contributed by atoms with Crippen molar-refractivity contribution in [2.75, 3.05) is 24.6 Å². The molecule has 1 N–H and O–H groups in total. The maximum Gasteiger partial charge on any atom is 0.239 e. The van der Waals surface area contributed by atoms with Gasteiger partial charge >= 0.3 is 0 Å². The van der Waals surface area contributed by atoms with Crippen molar-refractivity contribution in [1.29, 1.82) is 0 Å². The van der Waals surface area contributed by atoms with Crippen LogP contribution >= 0.6 is 0 Å². The summed E-state index contributed by atoms with van der Waals surface area (Å²) in [4.78, 5) is 5.97. The van der Waals surface area contributed by atoms with Crippen LogP contribution in [0.4, 0.5) is 5.69 Å². The molecule has 1 aromatic heterocycles. The second-order valence-electron chi connectivity index (χ2n) is 8.46. The van der Waals surface area contributed by atoms with Gasteiger partial charge in [-0.2, -0.15) is 0 Å². The van der Waals surface area contributed by atoms with Crippen LogP contribution in [0, 0.1) is 6.92 Å². The molecule has 0 amide bonds. The van der Waals surface area contributed by atoms with E-state index in [0.717, 1.165) is 31.7 Å². The molecule has 2 aromatic carbocycles. The molecule has 0 unspecified atom stereocenters. The van der Waals surface area contributed by atoms with Crippen molar-refractivity contribution >= 4 is 16.6 Å². The molecule has 0 aliphatic carbocycles. The van der Waals surface area contributed by atoms with Crippen LogP contribution in [0.25, 0.3) is 10.9 Å². The minimum Gasteiger partial charge on any atom is -0.494 e. The van der Waals surface area contributed by atoms with Crippen LogP contribution in [0.3, 0.4) is 0 Å². The summed E-state index contributed by atoms with van der Waals surface area (Å²) in [7, 11) is 0. The Labute approximate surface area is 183 Å². The average molecular weight is 419 g/mol. The second-order valence-corrected chi connectivity index (χ2v) is 8.46. The van der Waals surface area contributed by atoms with Crippen molar-refractivity contribution in [3.8, 4) is 5.75 Å². The number of aryl methyl sites for hydroxylation is 1. The van der Waals surface area contributed by atoms with Crippen LogP contribution in [0.1, 0.15) is 42.7 Å². The predicted octanol–water partition coefficient (Wildman–Crippen LogP) is 5.86. The van der Waals surface area contributed by atoms with Gasteiger partial charge < -0.3 is 24.1 Å². The number of piperidine rings is 1. The molecule has 3 heterocycles. The number of hydrogen-bond acceptors (Lipinski definition) is 4. The Morgan fingerprint density at radius 2 is 1.77 bits per heavy atom. The van der Waals surface area contributed by atoms with E-state index < -0.39 is 0 Å². The van der Waals surface area contributed by atoms with Crippen LogP contribution in [0.2, 0.25) is 0 Å². The van der Waals surface area contributed by atoms with E-state index in [0.29, 0.717) is 12.5 Å². The molecule has 162 valence electrons. The number of hydrogen-bond donors (Lipinski definition) is 1. The quantitative estimate of drug-likeness (QED) is 0.488. The zero-order chi connectivity index (χ0) is 21.0. The van der Waals surface area contributed by atoms with Crippen LogP contribution in [-0.2, 0) is 9.47 Å². The number of aromatic nitrogens is 1. The maximum absolute atomic E-state index is 5.88. The van der Waals surface area contributed by atoms with Gasteiger partial charge in [0.15, 0.2) is 0 Å². The van der Waals surface area contributed by atoms with Gasteiger partial charge in [0.2, 0.25) is 6.29 Å². The topological polar surface area (TPSA) is 46.7 Å². The molecule has 0 spiro atoms. The summed E-state index contributed by atoms with van der Waals surface area (Å²) in [6.07, 6.45) is 9.17. The van der Waals surface area contributed by atoms with Crippen molar-refractivity contribution in [3.63, 3.8) is 0 Å². The lowest BCUT2D eigenvalue weighted by Crippen LogP contribution is -2.33. The fourth-order valence-corrected chi connectivity index (χ4v) is 4.69. The lowest BCUT2D eigenvalue weighted by Gasteiger charge is -2.34. The number of benzene rings is 2. The van der Waals surface area contributed by atoms with Crippen LogP contribution in [-0.4, -0.2) is 31.0 Å². The molecule has 0 radical (unpaired) electrons. The highest BCUT2D eigenvalue weighted by Crippen LogP contribution is 2.34. The summed E-state index contributed by atoms with van der Waals surface area (Å²) in [5, 5.41) is 1.33. The Morgan fingerprint density at radius 1 is 1.00 bits per heavy atom. The SMILES string of the molecule is Cc1ccc(N2CCC(c3ccc(OCCCC4OC=CO4)cc3)CC2)c2[nH]ccc12. The van der Waals surface area contributed by atoms with Gasteiger partial charge in [-0.15, -0.1) is 0 Å². The summed E-state index contributed by atoms with van der Waals surface area (Å²) in [5.74, 6) is 1.54. The van der Waals surface area contributed by atoms with Crippen molar-refractivity contribution in [1.82, 2.24) is 4.98 Å². The standard InChI is InChI=1S/C26H30N2O3/c1-19-4-9-24(26-23(19)10-13-27-26)28-14-11-21(12-15-28)20-5-7-22(8-6-20)29-16-2-3-25-30-17-18-31-25/h4-10,13,17-18,21,25,27H,2-3,11-12,14-16H2,1H3. The van der Waals surface area contributed by atoms with E-state index in [1.807, 2.05) is 6.20 Å². The van der Waals surface area contributed by atoms with Crippen LogP contribution in [0.5, 0.6) is 5.75 Å². The van der Waals surface area contributed by atoms with E-state index in [9.17, 15) is 0 Å². The summed E-state index contributed by atoms with van der Waals surface area (Å²) in [6.45, 7) is 5.01. The smallest absolute Gasteiger partial charge is 0.239 e. The van der Waals surface area contributed by atoms with Gasteiger partial charge in [0, 0.05) is 31.1 Å². The third kappa shape index (κ3) is 4.36. The van der Waals surface area contributed by atoms with E-state index in [1.165, 1.54) is 40.6 Å². The highest BCUT2D eigenvalue weighted by atomic mass is 16.7. The predicted molar refractivity (Wildman–Crippen MR) is 123 cm³/mol. The van der Waals surface area contributed by atoms with Crippen molar-refractivity contribution < 1.29 is 14.2 Å². The highest BCUT2D eigenvalue weighted by Gasteiger charge is 2.22. The number of nitrogens with one attached hydrogen (secondary N) is 1. The van der Waals surface area contributed by atoms with E-state index in [2.05, 4.69) is 59.3 Å². The second kappa shape index (κ2) is 8.96. The van der Waals surface area contributed by atoms with Gasteiger partial charge in [-0.3, -0.25) is 0 Å². The van der Waals surface area contributed by atoms with Crippen molar-refractivity contribution in [2.45, 2.75) is 44.8 Å². The molecule has 0 saturated carbocycles. The first-order valence-corrected chi connectivity index (χ1v) is 11.3. The molecule has 0 atom stereocenters. The van der Waals surface area contributed by atoms with Crippen molar-refractivity contribution in [2.24, 2.45) is 0 Å². The summed E-state index contributed by atoms with van der Waals surface area (Å²) < 4.78 is 16.4. The molecule has 1 saturated heterocycles. The molecule has 3 aromatic rings. The monoisotopic (exact) mass is 418 g/mol. The Morgan fingerprint density at radius 3 is 2.55 bits per heavy atom. The van der Waals surface area contributed by atoms with Gasteiger partial charge in [0.25, 0.3) is 0 Å². The highest BCUT2D eigenvalue weighted by molar-refractivity contribution is 5.93. The number of nitrogens with zero attached hydrogens (tertiary/aromatic N) is 1. The first-order chi connectivity index (χ1) is 15.3. The zero-order valence-electron chi connectivity index (χ0n) is 18.0. The number of rotatable bonds is 7. The van der Waals surface area contributed by atoms with E-state index in [-0.39, 0.29) is 6.29 Å². The number of anilines is 1. The van der Waals surface area contributed by atoms with E-state index >= 15 is 0 Å². The van der Waals surface area contributed by atoms with Gasteiger partial charge in [0.05, 0.1) is 17.8 Å². The zero-order valence-corrected chi connectivity index (χ0v) is 18.0. The minimum atomic E-state index is -0.148. The fourth-order valence-electron chi connectivity index (χ4n) is 4.69. The molecule has 5 nitrogen and oxygen atoms in total. The Hall–Kier alpha value is -3.08. The fraction of sp³-hybridized carbons (Fsp3) is 0.385. The number of H-pyrrole nitrogens is 1. The summed E-state index contributed by atoms with van der Waals surface area (Å²) >= 11 is 0. The van der Waals surface area contributed by atoms with Gasteiger partial charge in [-0.05, 0) is 67.5 Å². The summed E-state index contributed by atoms with van der Waals surface area (Å²) in [5.41, 5.74) is 5.34.